The van der Waals surface area contributed by atoms with Gasteiger partial charge in [-0.25, -0.2) is 9.37 Å². The minimum atomic E-state index is -0.408. The Balaban J connectivity index is 0.000000192. The first-order chi connectivity index (χ1) is 16.4. The van der Waals surface area contributed by atoms with Crippen LogP contribution in [0, 0.1) is 17.1 Å². The molecule has 178 valence electrons. The molecule has 5 rings (SSSR count). The summed E-state index contributed by atoms with van der Waals surface area (Å²) in [6.07, 6.45) is 8.31. The van der Waals surface area contributed by atoms with Crippen molar-refractivity contribution >= 4 is 22.4 Å². The number of nitrogens with zero attached hydrogens (tertiary/aromatic N) is 4. The fourth-order valence-electron chi connectivity index (χ4n) is 4.38. The van der Waals surface area contributed by atoms with Crippen molar-refractivity contribution in [3.05, 3.63) is 58.3 Å². The lowest BCUT2D eigenvalue weighted by Gasteiger charge is -2.33. The highest BCUT2D eigenvalue weighted by Crippen LogP contribution is 2.31. The Morgan fingerprint density at radius 1 is 1.15 bits per heavy atom. The Morgan fingerprint density at radius 3 is 2.53 bits per heavy atom. The lowest BCUT2D eigenvalue weighted by molar-refractivity contribution is 0.428. The van der Waals surface area contributed by atoms with E-state index in [1.165, 1.54) is 25.3 Å². The van der Waals surface area contributed by atoms with E-state index in [1.807, 2.05) is 7.05 Å². The smallest absolute Gasteiger partial charge is 0.252 e. The summed E-state index contributed by atoms with van der Waals surface area (Å²) in [6, 6.07) is 12.1. The SMILES string of the molecule is CN(c1cc(=O)n(C)c2ccc(C#N)nc12)C1CCCCC1.Oc1cc(F)ccc1NC1CC1. The molecule has 0 radical (unpaired) electrons. The number of rotatable bonds is 4. The van der Waals surface area contributed by atoms with Crippen LogP contribution in [0.4, 0.5) is 15.8 Å². The molecular formula is C26H30FN5O2. The zero-order valence-electron chi connectivity index (χ0n) is 19.6. The van der Waals surface area contributed by atoms with Crippen molar-refractivity contribution in [3.63, 3.8) is 0 Å². The fraction of sp³-hybridized carbons (Fsp3) is 0.423. The molecule has 0 bridgehead atoms. The van der Waals surface area contributed by atoms with Gasteiger partial charge in [0.1, 0.15) is 28.8 Å². The van der Waals surface area contributed by atoms with Crippen LogP contribution in [-0.2, 0) is 7.05 Å². The number of aromatic nitrogens is 2. The molecule has 1 aromatic carbocycles. The highest BCUT2D eigenvalue weighted by Gasteiger charge is 2.22. The number of aromatic hydroxyl groups is 1. The minimum absolute atomic E-state index is 0.0121. The summed E-state index contributed by atoms with van der Waals surface area (Å²) >= 11 is 0. The first-order valence-electron chi connectivity index (χ1n) is 11.8. The summed E-state index contributed by atoms with van der Waals surface area (Å²) in [7, 11) is 3.77. The lowest BCUT2D eigenvalue weighted by Crippen LogP contribution is -2.34. The molecule has 2 aromatic heterocycles. The van der Waals surface area contributed by atoms with Crippen LogP contribution in [0.3, 0.4) is 0 Å². The number of hydrogen-bond donors (Lipinski definition) is 2. The molecule has 7 nitrogen and oxygen atoms in total. The van der Waals surface area contributed by atoms with E-state index in [0.717, 1.165) is 48.5 Å². The average molecular weight is 464 g/mol. The van der Waals surface area contributed by atoms with E-state index in [-0.39, 0.29) is 11.3 Å². The van der Waals surface area contributed by atoms with Crippen molar-refractivity contribution in [3.8, 4) is 11.8 Å². The molecule has 2 aliphatic rings. The van der Waals surface area contributed by atoms with Gasteiger partial charge in [0, 0.05) is 38.3 Å². The second-order valence-electron chi connectivity index (χ2n) is 9.09. The lowest BCUT2D eigenvalue weighted by atomic mass is 9.94. The Morgan fingerprint density at radius 2 is 1.88 bits per heavy atom. The van der Waals surface area contributed by atoms with Crippen molar-refractivity contribution in [1.29, 1.82) is 5.26 Å². The molecule has 3 aromatic rings. The number of nitriles is 1. The number of phenolic OH excluding ortho intramolecular Hbond substituents is 1. The van der Waals surface area contributed by atoms with Crippen molar-refractivity contribution in [2.45, 2.75) is 57.0 Å². The topological polar surface area (TPSA) is 94.2 Å². The highest BCUT2D eigenvalue weighted by atomic mass is 19.1. The summed E-state index contributed by atoms with van der Waals surface area (Å²) in [5.41, 5.74) is 3.29. The maximum Gasteiger partial charge on any atom is 0.252 e. The van der Waals surface area contributed by atoms with E-state index in [4.69, 9.17) is 5.26 Å². The van der Waals surface area contributed by atoms with E-state index in [1.54, 1.807) is 35.9 Å². The van der Waals surface area contributed by atoms with Crippen LogP contribution in [-0.4, -0.2) is 33.8 Å². The first-order valence-corrected chi connectivity index (χ1v) is 11.8. The van der Waals surface area contributed by atoms with Crippen LogP contribution in [0.25, 0.3) is 11.0 Å². The highest BCUT2D eigenvalue weighted by molar-refractivity contribution is 5.88. The predicted octanol–water partition coefficient (Wildman–Crippen LogP) is 4.68. The molecule has 0 atom stereocenters. The number of nitrogens with one attached hydrogen (secondary N) is 1. The molecule has 2 heterocycles. The molecule has 34 heavy (non-hydrogen) atoms. The van der Waals surface area contributed by atoms with Gasteiger partial charge in [0.2, 0.25) is 0 Å². The number of benzene rings is 1. The van der Waals surface area contributed by atoms with Gasteiger partial charge >= 0.3 is 0 Å². The van der Waals surface area contributed by atoms with Crippen LogP contribution in [0.1, 0.15) is 50.6 Å². The standard InChI is InChI=1S/C17H20N4O.C9H10FNO/c1-20(13-6-4-3-5-7-13)15-10-16(22)21(2)14-9-8-12(11-18)19-17(14)15;10-6-1-4-8(9(12)5-6)11-7-2-3-7/h8-10,13H,3-7H2,1-2H3;1,4-5,7,11-12H,2-3H2. The third-order valence-corrected chi connectivity index (χ3v) is 6.58. The number of aryl methyl sites for hydroxylation is 1. The van der Waals surface area contributed by atoms with Crippen molar-refractivity contribution in [2.24, 2.45) is 7.05 Å². The Labute approximate surface area is 198 Å². The number of anilines is 2. The Hall–Kier alpha value is -3.60. The number of phenols is 1. The number of halogens is 1. The van der Waals surface area contributed by atoms with Gasteiger partial charge < -0.3 is 19.9 Å². The van der Waals surface area contributed by atoms with Gasteiger partial charge in [-0.1, -0.05) is 19.3 Å². The molecule has 8 heteroatoms. The third-order valence-electron chi connectivity index (χ3n) is 6.58. The number of hydrogen-bond acceptors (Lipinski definition) is 6. The molecule has 0 unspecified atom stereocenters. The summed E-state index contributed by atoms with van der Waals surface area (Å²) in [5.74, 6) is -0.421. The summed E-state index contributed by atoms with van der Waals surface area (Å²) in [6.45, 7) is 0. The Bertz CT molecular complexity index is 1270. The molecule has 2 saturated carbocycles. The van der Waals surface area contributed by atoms with E-state index in [9.17, 15) is 14.3 Å². The van der Waals surface area contributed by atoms with Crippen LogP contribution >= 0.6 is 0 Å². The molecule has 0 amide bonds. The van der Waals surface area contributed by atoms with E-state index >= 15 is 0 Å². The van der Waals surface area contributed by atoms with E-state index in [0.29, 0.717) is 23.5 Å². The summed E-state index contributed by atoms with van der Waals surface area (Å²) in [5, 5.41) is 21.5. The third kappa shape index (κ3) is 5.30. The Kier molecular flexibility index (Phi) is 7.01. The second-order valence-corrected chi connectivity index (χ2v) is 9.09. The normalized spacial score (nSPS) is 15.8. The monoisotopic (exact) mass is 463 g/mol. The second kappa shape index (κ2) is 10.1. The first kappa shape index (κ1) is 23.6. The summed E-state index contributed by atoms with van der Waals surface area (Å²) in [4.78, 5) is 18.9. The molecule has 0 aliphatic heterocycles. The van der Waals surface area contributed by atoms with Crippen molar-refractivity contribution < 1.29 is 9.50 Å². The largest absolute Gasteiger partial charge is 0.506 e. The van der Waals surface area contributed by atoms with Crippen molar-refractivity contribution in [1.82, 2.24) is 9.55 Å². The average Bonchev–Trinajstić information content (AvgIpc) is 3.67. The van der Waals surface area contributed by atoms with E-state index in [2.05, 4.69) is 21.3 Å². The molecule has 0 saturated heterocycles. The molecular weight excluding hydrogens is 433 g/mol. The van der Waals surface area contributed by atoms with Crippen molar-refractivity contribution in [2.75, 3.05) is 17.3 Å². The quantitative estimate of drug-likeness (QED) is 0.546. The molecule has 2 N–H and O–H groups in total. The van der Waals surface area contributed by atoms with E-state index < -0.39 is 5.82 Å². The predicted molar refractivity (Wildman–Crippen MR) is 132 cm³/mol. The van der Waals surface area contributed by atoms with Gasteiger partial charge in [0.25, 0.3) is 5.56 Å². The van der Waals surface area contributed by atoms with Crippen LogP contribution in [0.5, 0.6) is 5.75 Å². The minimum Gasteiger partial charge on any atom is -0.506 e. The number of fused-ring (bicyclic) bond motifs is 1. The van der Waals surface area contributed by atoms with Gasteiger partial charge in [0.15, 0.2) is 0 Å². The molecule has 0 spiro atoms. The zero-order chi connectivity index (χ0) is 24.2. The molecule has 2 aliphatic carbocycles. The van der Waals surface area contributed by atoms with Gasteiger partial charge in [-0.05, 0) is 49.9 Å². The fourth-order valence-corrected chi connectivity index (χ4v) is 4.38. The van der Waals surface area contributed by atoms with Crippen LogP contribution in [0.2, 0.25) is 0 Å². The maximum absolute atomic E-state index is 12.5. The van der Waals surface area contributed by atoms with Gasteiger partial charge in [-0.3, -0.25) is 4.79 Å². The van der Waals surface area contributed by atoms with Crippen LogP contribution in [0.15, 0.2) is 41.2 Å². The van der Waals surface area contributed by atoms with Crippen LogP contribution < -0.4 is 15.8 Å². The maximum atomic E-state index is 12.5. The zero-order valence-corrected chi connectivity index (χ0v) is 19.6. The van der Waals surface area contributed by atoms with Gasteiger partial charge in [-0.15, -0.1) is 0 Å². The number of pyridine rings is 2. The summed E-state index contributed by atoms with van der Waals surface area (Å²) < 4.78 is 14.1. The molecule has 2 fully saturated rings. The van der Waals surface area contributed by atoms with Gasteiger partial charge in [-0.2, -0.15) is 5.26 Å². The van der Waals surface area contributed by atoms with Gasteiger partial charge in [0.05, 0.1) is 16.9 Å².